The highest BCUT2D eigenvalue weighted by molar-refractivity contribution is 7.07. The van der Waals surface area contributed by atoms with E-state index in [9.17, 15) is 9.59 Å². The van der Waals surface area contributed by atoms with E-state index in [0.29, 0.717) is 59.7 Å². The van der Waals surface area contributed by atoms with Gasteiger partial charge in [0.1, 0.15) is 17.5 Å². The van der Waals surface area contributed by atoms with Crippen LogP contribution >= 0.6 is 34.5 Å². The third kappa shape index (κ3) is 6.08. The number of thiazole rings is 1. The van der Waals surface area contributed by atoms with Crippen LogP contribution in [0.15, 0.2) is 57.5 Å². The van der Waals surface area contributed by atoms with Gasteiger partial charge in [-0.2, -0.15) is 0 Å². The number of ether oxygens (including phenoxy) is 3. The summed E-state index contributed by atoms with van der Waals surface area (Å²) in [6.07, 6.45) is 2.94. The normalized spacial score (nSPS) is 15.3. The van der Waals surface area contributed by atoms with Crippen molar-refractivity contribution in [2.24, 2.45) is 4.99 Å². The number of methoxy groups -OCH3 is 1. The van der Waals surface area contributed by atoms with Crippen molar-refractivity contribution >= 4 is 46.6 Å². The van der Waals surface area contributed by atoms with Crippen LogP contribution in [-0.4, -0.2) is 30.4 Å². The molecular formula is C29H30Cl2N2O5S. The summed E-state index contributed by atoms with van der Waals surface area (Å²) in [6, 6.07) is 9.56. The Morgan fingerprint density at radius 3 is 2.46 bits per heavy atom. The summed E-state index contributed by atoms with van der Waals surface area (Å²) in [5.74, 6) is 0.557. The zero-order chi connectivity index (χ0) is 28.3. The van der Waals surface area contributed by atoms with Crippen LogP contribution in [0.3, 0.4) is 0 Å². The van der Waals surface area contributed by atoms with Crippen LogP contribution in [0.25, 0.3) is 6.08 Å². The molecule has 1 atom stereocenters. The van der Waals surface area contributed by atoms with Crippen LogP contribution in [0.2, 0.25) is 10.0 Å². The average molecular weight is 590 g/mol. The average Bonchev–Trinajstić information content (AvgIpc) is 3.19. The standard InChI is InChI=1S/C29H30Cl2N2O5S/c1-6-8-21-25(28(35)37-7-2)26(20-15-19(31)10-12-23(20)36-5)33-27(34)24(39-29(33)32-21)14-17-13-18(30)9-11-22(17)38-16(3)4/h9-16,26H,6-8H2,1-5H3/b24-14-/t26-/m1/s1. The Labute approximate surface area is 241 Å². The lowest BCUT2D eigenvalue weighted by atomic mass is 9.93. The van der Waals surface area contributed by atoms with Gasteiger partial charge >= 0.3 is 5.97 Å². The number of benzene rings is 2. The highest BCUT2D eigenvalue weighted by Crippen LogP contribution is 2.38. The number of esters is 1. The van der Waals surface area contributed by atoms with Crippen LogP contribution in [0, 0.1) is 0 Å². The first-order valence-corrected chi connectivity index (χ1v) is 14.3. The van der Waals surface area contributed by atoms with Gasteiger partial charge in [-0.15, -0.1) is 0 Å². The number of halogens is 2. The number of fused-ring (bicyclic) bond motifs is 1. The van der Waals surface area contributed by atoms with E-state index in [1.807, 2.05) is 20.8 Å². The maximum absolute atomic E-state index is 14.1. The molecule has 0 bridgehead atoms. The lowest BCUT2D eigenvalue weighted by Crippen LogP contribution is -2.40. The summed E-state index contributed by atoms with van der Waals surface area (Å²) in [6.45, 7) is 7.78. The molecule has 1 aliphatic rings. The van der Waals surface area contributed by atoms with Crippen molar-refractivity contribution in [1.29, 1.82) is 0 Å². The summed E-state index contributed by atoms with van der Waals surface area (Å²) in [4.78, 5) is 32.7. The highest BCUT2D eigenvalue weighted by atomic mass is 35.5. The first-order valence-electron chi connectivity index (χ1n) is 12.7. The largest absolute Gasteiger partial charge is 0.496 e. The maximum atomic E-state index is 14.1. The molecule has 0 N–H and O–H groups in total. The zero-order valence-electron chi connectivity index (χ0n) is 22.4. The van der Waals surface area contributed by atoms with E-state index in [1.165, 1.54) is 23.0 Å². The first-order chi connectivity index (χ1) is 18.7. The molecule has 1 aliphatic heterocycles. The fourth-order valence-electron chi connectivity index (χ4n) is 4.47. The molecular weight excluding hydrogens is 559 g/mol. The molecule has 0 unspecified atom stereocenters. The molecule has 0 spiro atoms. The van der Waals surface area contributed by atoms with Crippen molar-refractivity contribution in [3.63, 3.8) is 0 Å². The molecule has 0 aliphatic carbocycles. The van der Waals surface area contributed by atoms with Crippen molar-refractivity contribution in [2.75, 3.05) is 13.7 Å². The van der Waals surface area contributed by atoms with Crippen LogP contribution in [0.1, 0.15) is 57.7 Å². The summed E-state index contributed by atoms with van der Waals surface area (Å²) < 4.78 is 19.0. The minimum Gasteiger partial charge on any atom is -0.496 e. The summed E-state index contributed by atoms with van der Waals surface area (Å²) >= 11 is 13.9. The van der Waals surface area contributed by atoms with Crippen LogP contribution in [0.5, 0.6) is 11.5 Å². The molecule has 0 radical (unpaired) electrons. The molecule has 10 heteroatoms. The summed E-state index contributed by atoms with van der Waals surface area (Å²) in [7, 11) is 1.53. The van der Waals surface area contributed by atoms with Gasteiger partial charge in [-0.1, -0.05) is 47.9 Å². The van der Waals surface area contributed by atoms with Gasteiger partial charge in [0.05, 0.1) is 35.6 Å². The SMILES string of the molecule is CCCC1=C(C(=O)OCC)[C@@H](c2cc(Cl)ccc2OC)n2c(s/c(=C\c3cc(Cl)ccc3OC(C)C)c2=O)=N1. The quantitative estimate of drug-likeness (QED) is 0.300. The fraction of sp³-hybridized carbons (Fsp3) is 0.345. The Bertz CT molecular complexity index is 1610. The molecule has 39 heavy (non-hydrogen) atoms. The Morgan fingerprint density at radius 1 is 1.13 bits per heavy atom. The topological polar surface area (TPSA) is 79.1 Å². The van der Waals surface area contributed by atoms with Gasteiger partial charge in [-0.05, 0) is 69.7 Å². The lowest BCUT2D eigenvalue weighted by molar-refractivity contribution is -0.139. The molecule has 3 aromatic rings. The number of allylic oxidation sites excluding steroid dienone is 1. The Hall–Kier alpha value is -3.07. The highest BCUT2D eigenvalue weighted by Gasteiger charge is 2.36. The van der Waals surface area contributed by atoms with Crippen molar-refractivity contribution < 1.29 is 19.0 Å². The Balaban J connectivity index is 2.05. The summed E-state index contributed by atoms with van der Waals surface area (Å²) in [5, 5.41) is 0.959. The van der Waals surface area contributed by atoms with Gasteiger partial charge in [-0.3, -0.25) is 9.36 Å². The van der Waals surface area contributed by atoms with E-state index in [-0.39, 0.29) is 18.3 Å². The molecule has 206 valence electrons. The van der Waals surface area contributed by atoms with Crippen molar-refractivity contribution in [3.8, 4) is 11.5 Å². The Morgan fingerprint density at radius 2 is 1.82 bits per heavy atom. The Kier molecular flexibility index (Phi) is 9.20. The van der Waals surface area contributed by atoms with Crippen LogP contribution in [-0.2, 0) is 9.53 Å². The van der Waals surface area contributed by atoms with Crippen molar-refractivity contribution in [1.82, 2.24) is 4.57 Å². The van der Waals surface area contributed by atoms with Crippen LogP contribution in [0.4, 0.5) is 0 Å². The predicted octanol–water partition coefficient (Wildman–Crippen LogP) is 5.68. The van der Waals surface area contributed by atoms with E-state index in [4.69, 9.17) is 42.4 Å². The molecule has 0 amide bonds. The number of hydrogen-bond acceptors (Lipinski definition) is 7. The number of hydrogen-bond donors (Lipinski definition) is 0. The second-order valence-corrected chi connectivity index (χ2v) is 11.0. The molecule has 2 aromatic carbocycles. The van der Waals surface area contributed by atoms with Crippen molar-refractivity contribution in [3.05, 3.63) is 88.5 Å². The van der Waals surface area contributed by atoms with E-state index in [1.54, 1.807) is 49.4 Å². The second kappa shape index (κ2) is 12.4. The van der Waals surface area contributed by atoms with Gasteiger partial charge in [0, 0.05) is 21.2 Å². The first kappa shape index (κ1) is 28.9. The summed E-state index contributed by atoms with van der Waals surface area (Å²) in [5.41, 5.74) is 1.78. The lowest BCUT2D eigenvalue weighted by Gasteiger charge is -2.27. The monoisotopic (exact) mass is 588 g/mol. The van der Waals surface area contributed by atoms with E-state index < -0.39 is 12.0 Å². The number of nitrogens with zero attached hydrogens (tertiary/aromatic N) is 2. The molecule has 4 rings (SSSR count). The minimum atomic E-state index is -0.844. The fourth-order valence-corrected chi connectivity index (χ4v) is 5.84. The van der Waals surface area contributed by atoms with E-state index in [2.05, 4.69) is 0 Å². The third-order valence-electron chi connectivity index (χ3n) is 6.00. The number of aromatic nitrogens is 1. The third-order valence-corrected chi connectivity index (χ3v) is 7.45. The number of carbonyl (C=O) groups excluding carboxylic acids is 1. The molecule has 0 fully saturated rings. The van der Waals surface area contributed by atoms with Gasteiger partial charge < -0.3 is 14.2 Å². The van der Waals surface area contributed by atoms with Crippen molar-refractivity contribution in [2.45, 2.75) is 52.7 Å². The van der Waals surface area contributed by atoms with Crippen LogP contribution < -0.4 is 24.4 Å². The number of rotatable bonds is 9. The van der Waals surface area contributed by atoms with E-state index in [0.717, 1.165) is 6.42 Å². The molecule has 0 saturated heterocycles. The molecule has 1 aromatic heterocycles. The van der Waals surface area contributed by atoms with Gasteiger partial charge in [0.25, 0.3) is 5.56 Å². The van der Waals surface area contributed by atoms with Gasteiger partial charge in [0.15, 0.2) is 4.80 Å². The maximum Gasteiger partial charge on any atom is 0.338 e. The van der Waals surface area contributed by atoms with Gasteiger partial charge in [-0.25, -0.2) is 9.79 Å². The molecule has 0 saturated carbocycles. The minimum absolute atomic E-state index is 0.0708. The molecule has 2 heterocycles. The number of carbonyl (C=O) groups is 1. The predicted molar refractivity (Wildman–Crippen MR) is 155 cm³/mol. The van der Waals surface area contributed by atoms with E-state index >= 15 is 0 Å². The smallest absolute Gasteiger partial charge is 0.338 e. The van der Waals surface area contributed by atoms with Gasteiger partial charge in [0.2, 0.25) is 0 Å². The second-order valence-electron chi connectivity index (χ2n) is 9.15. The zero-order valence-corrected chi connectivity index (χ0v) is 24.7. The molecule has 7 nitrogen and oxygen atoms in total.